The summed E-state index contributed by atoms with van der Waals surface area (Å²) in [5, 5.41) is 0. The van der Waals surface area contributed by atoms with Crippen molar-refractivity contribution in [2.45, 2.75) is 12.8 Å². The van der Waals surface area contributed by atoms with Gasteiger partial charge in [0.25, 0.3) is 5.91 Å². The maximum Gasteiger partial charge on any atom is 0.276 e. The smallest absolute Gasteiger partial charge is 0.276 e. The molecule has 5 rings (SSSR count). The Morgan fingerprint density at radius 1 is 0.846 bits per heavy atom. The van der Waals surface area contributed by atoms with E-state index in [1.165, 1.54) is 16.8 Å². The molecule has 1 amide bonds. The lowest BCUT2D eigenvalue weighted by Crippen LogP contribution is -2.29. The average molecular weight is 341 g/mol. The Labute approximate surface area is 152 Å². The molecule has 0 radical (unpaired) electrons. The minimum absolute atomic E-state index is 0.0238. The minimum Gasteiger partial charge on any atom is -0.341 e. The van der Waals surface area contributed by atoms with Crippen molar-refractivity contribution in [2.75, 3.05) is 22.9 Å². The molecule has 1 aromatic heterocycles. The highest BCUT2D eigenvalue weighted by molar-refractivity contribution is 6.06. The van der Waals surface area contributed by atoms with Gasteiger partial charge in [-0.1, -0.05) is 36.4 Å². The lowest BCUT2D eigenvalue weighted by molar-refractivity contribution is 0.0984. The number of amides is 1. The third kappa shape index (κ3) is 2.37. The van der Waals surface area contributed by atoms with Crippen LogP contribution in [0.15, 0.2) is 66.9 Å². The Kier molecular flexibility index (Phi) is 3.49. The van der Waals surface area contributed by atoms with Gasteiger partial charge < -0.3 is 9.80 Å². The number of hydrogen-bond donors (Lipinski definition) is 0. The molecule has 0 spiro atoms. The maximum absolute atomic E-state index is 13.1. The summed E-state index contributed by atoms with van der Waals surface area (Å²) in [4.78, 5) is 21.5. The number of carbonyl (C=O) groups excluding carboxylic acids is 1. The van der Waals surface area contributed by atoms with Crippen LogP contribution in [-0.4, -0.2) is 24.0 Å². The molecule has 26 heavy (non-hydrogen) atoms. The van der Waals surface area contributed by atoms with Crippen molar-refractivity contribution >= 4 is 23.0 Å². The number of rotatable bonds is 2. The van der Waals surface area contributed by atoms with Crippen LogP contribution in [-0.2, 0) is 12.8 Å². The largest absolute Gasteiger partial charge is 0.341 e. The van der Waals surface area contributed by atoms with Crippen LogP contribution in [0.1, 0.15) is 21.6 Å². The molecule has 0 saturated heterocycles. The summed E-state index contributed by atoms with van der Waals surface area (Å²) in [7, 11) is 0. The van der Waals surface area contributed by atoms with Crippen molar-refractivity contribution in [3.63, 3.8) is 0 Å². The first kappa shape index (κ1) is 15.1. The average Bonchev–Trinajstić information content (AvgIpc) is 3.32. The number of pyridine rings is 1. The van der Waals surface area contributed by atoms with E-state index in [0.717, 1.165) is 37.3 Å². The second-order valence-corrected chi connectivity index (χ2v) is 6.77. The molecule has 128 valence electrons. The van der Waals surface area contributed by atoms with E-state index in [-0.39, 0.29) is 5.91 Å². The van der Waals surface area contributed by atoms with Crippen LogP contribution in [0.2, 0.25) is 0 Å². The first-order valence-corrected chi connectivity index (χ1v) is 9.02. The quantitative estimate of drug-likeness (QED) is 0.707. The second-order valence-electron chi connectivity index (χ2n) is 6.77. The van der Waals surface area contributed by atoms with Crippen LogP contribution in [0, 0.1) is 0 Å². The topological polar surface area (TPSA) is 36.4 Å². The lowest BCUT2D eigenvalue weighted by Gasteiger charge is -2.21. The fraction of sp³-hybridized carbons (Fsp3) is 0.182. The Hall–Kier alpha value is -3.14. The SMILES string of the molecule is O=C(c1cc(N2CCc3ccccc32)ccn1)N1CCc2ccccc21. The zero-order chi connectivity index (χ0) is 17.5. The van der Waals surface area contributed by atoms with E-state index in [1.54, 1.807) is 6.20 Å². The van der Waals surface area contributed by atoms with Crippen LogP contribution < -0.4 is 9.80 Å². The van der Waals surface area contributed by atoms with Gasteiger partial charge in [-0.25, -0.2) is 0 Å². The van der Waals surface area contributed by atoms with Gasteiger partial charge in [-0.05, 0) is 48.2 Å². The lowest BCUT2D eigenvalue weighted by atomic mass is 10.2. The standard InChI is InChI=1S/C22H19N3O/c26-22(25-14-11-17-6-2-4-8-21(17)25)19-15-18(9-12-23-19)24-13-10-16-5-1-3-7-20(16)24/h1-9,12,15H,10-11,13-14H2. The van der Waals surface area contributed by atoms with Crippen LogP contribution in [0.4, 0.5) is 17.1 Å². The van der Waals surface area contributed by atoms with Gasteiger partial charge in [-0.2, -0.15) is 0 Å². The highest BCUT2D eigenvalue weighted by Crippen LogP contribution is 2.35. The van der Waals surface area contributed by atoms with Crippen LogP contribution in [0.25, 0.3) is 0 Å². The molecule has 4 heteroatoms. The molecule has 2 aliphatic heterocycles. The highest BCUT2D eigenvalue weighted by atomic mass is 16.2. The summed E-state index contributed by atoms with van der Waals surface area (Å²) in [6.45, 7) is 1.65. The third-order valence-electron chi connectivity index (χ3n) is 5.29. The number of para-hydroxylation sites is 2. The number of anilines is 3. The molecule has 0 atom stereocenters. The summed E-state index contributed by atoms with van der Waals surface area (Å²) >= 11 is 0. The molecule has 2 aliphatic rings. The molecule has 2 aromatic carbocycles. The van der Waals surface area contributed by atoms with Crippen LogP contribution >= 0.6 is 0 Å². The van der Waals surface area contributed by atoms with Crippen LogP contribution in [0.5, 0.6) is 0 Å². The van der Waals surface area contributed by atoms with Crippen molar-refractivity contribution in [3.05, 3.63) is 83.7 Å². The minimum atomic E-state index is -0.0238. The van der Waals surface area contributed by atoms with E-state index in [2.05, 4.69) is 40.2 Å². The molecular weight excluding hydrogens is 322 g/mol. The number of aromatic nitrogens is 1. The van der Waals surface area contributed by atoms with Crippen LogP contribution in [0.3, 0.4) is 0 Å². The van der Waals surface area contributed by atoms with Gasteiger partial charge in [0.15, 0.2) is 0 Å². The molecule has 4 nitrogen and oxygen atoms in total. The number of nitrogens with zero attached hydrogens (tertiary/aromatic N) is 3. The van der Waals surface area contributed by atoms with Crippen molar-refractivity contribution in [1.29, 1.82) is 0 Å². The van der Waals surface area contributed by atoms with E-state index in [0.29, 0.717) is 5.69 Å². The predicted octanol–water partition coefficient (Wildman–Crippen LogP) is 3.98. The first-order valence-electron chi connectivity index (χ1n) is 9.02. The fourth-order valence-corrected chi connectivity index (χ4v) is 4.00. The molecule has 0 saturated carbocycles. The number of fused-ring (bicyclic) bond motifs is 2. The summed E-state index contributed by atoms with van der Waals surface area (Å²) in [5.41, 5.74) is 6.35. The Balaban J connectivity index is 1.47. The van der Waals surface area contributed by atoms with Crippen molar-refractivity contribution in [3.8, 4) is 0 Å². The van der Waals surface area contributed by atoms with Gasteiger partial charge in [-0.3, -0.25) is 9.78 Å². The summed E-state index contributed by atoms with van der Waals surface area (Å²) < 4.78 is 0. The summed E-state index contributed by atoms with van der Waals surface area (Å²) in [6, 6.07) is 20.5. The Bertz CT molecular complexity index is 998. The zero-order valence-corrected chi connectivity index (χ0v) is 14.4. The Morgan fingerprint density at radius 3 is 2.38 bits per heavy atom. The van der Waals surface area contributed by atoms with E-state index in [9.17, 15) is 4.79 Å². The third-order valence-corrected chi connectivity index (χ3v) is 5.29. The van der Waals surface area contributed by atoms with Crippen molar-refractivity contribution < 1.29 is 4.79 Å². The summed E-state index contributed by atoms with van der Waals surface area (Å²) in [5.74, 6) is -0.0238. The van der Waals surface area contributed by atoms with E-state index < -0.39 is 0 Å². The van der Waals surface area contributed by atoms with Gasteiger partial charge in [-0.15, -0.1) is 0 Å². The van der Waals surface area contributed by atoms with Gasteiger partial charge in [0.1, 0.15) is 5.69 Å². The van der Waals surface area contributed by atoms with E-state index in [4.69, 9.17) is 0 Å². The fourth-order valence-electron chi connectivity index (χ4n) is 4.00. The molecule has 0 fully saturated rings. The molecule has 3 heterocycles. The highest BCUT2D eigenvalue weighted by Gasteiger charge is 2.27. The normalized spacial score (nSPS) is 15.1. The molecule has 3 aromatic rings. The molecule has 0 aliphatic carbocycles. The molecule has 0 N–H and O–H groups in total. The van der Waals surface area contributed by atoms with Gasteiger partial charge in [0.2, 0.25) is 0 Å². The maximum atomic E-state index is 13.1. The van der Waals surface area contributed by atoms with Gasteiger partial charge >= 0.3 is 0 Å². The van der Waals surface area contributed by atoms with Crippen molar-refractivity contribution in [1.82, 2.24) is 4.98 Å². The monoisotopic (exact) mass is 341 g/mol. The number of carbonyl (C=O) groups is 1. The van der Waals surface area contributed by atoms with Crippen molar-refractivity contribution in [2.24, 2.45) is 0 Å². The second kappa shape index (κ2) is 5.99. The zero-order valence-electron chi connectivity index (χ0n) is 14.4. The van der Waals surface area contributed by atoms with E-state index in [1.807, 2.05) is 35.2 Å². The Morgan fingerprint density at radius 2 is 1.54 bits per heavy atom. The van der Waals surface area contributed by atoms with Gasteiger partial charge in [0.05, 0.1) is 0 Å². The molecule has 0 bridgehead atoms. The molecule has 0 unspecified atom stereocenters. The number of hydrogen-bond acceptors (Lipinski definition) is 3. The predicted molar refractivity (Wildman–Crippen MR) is 103 cm³/mol. The van der Waals surface area contributed by atoms with E-state index >= 15 is 0 Å². The van der Waals surface area contributed by atoms with Gasteiger partial charge in [0, 0.05) is 36.3 Å². The number of benzene rings is 2. The summed E-state index contributed by atoms with van der Waals surface area (Å²) in [6.07, 6.45) is 3.67. The first-order chi connectivity index (χ1) is 12.8. The molecular formula is C22H19N3O.